The van der Waals surface area contributed by atoms with Crippen LogP contribution in [0.5, 0.6) is 0 Å². The van der Waals surface area contributed by atoms with Gasteiger partial charge in [0, 0.05) is 19.0 Å². The van der Waals surface area contributed by atoms with Crippen molar-refractivity contribution in [2.45, 2.75) is 38.6 Å². The molecule has 1 fully saturated rings. The molecule has 1 aliphatic carbocycles. The Morgan fingerprint density at radius 1 is 1.53 bits per heavy atom. The summed E-state index contributed by atoms with van der Waals surface area (Å²) in [6, 6.07) is 0.580. The first-order chi connectivity index (χ1) is 7.18. The highest BCUT2D eigenvalue weighted by molar-refractivity contribution is 5.10. The highest BCUT2D eigenvalue weighted by Crippen LogP contribution is 2.41. The van der Waals surface area contributed by atoms with Crippen molar-refractivity contribution in [3.63, 3.8) is 0 Å². The molecule has 1 aliphatic rings. The summed E-state index contributed by atoms with van der Waals surface area (Å²) in [5.41, 5.74) is 1.29. The maximum absolute atomic E-state index is 4.00. The molecule has 1 N–H and O–H groups in total. The molecule has 2 rings (SSSR count). The maximum atomic E-state index is 4.00. The van der Waals surface area contributed by atoms with Crippen molar-refractivity contribution in [3.05, 3.63) is 11.9 Å². The predicted octanol–water partition coefficient (Wildman–Crippen LogP) is 1.31. The van der Waals surface area contributed by atoms with E-state index in [9.17, 15) is 0 Å². The zero-order chi connectivity index (χ0) is 10.8. The largest absolute Gasteiger partial charge is 0.314 e. The Morgan fingerprint density at radius 2 is 2.33 bits per heavy atom. The van der Waals surface area contributed by atoms with E-state index in [0.717, 1.165) is 12.5 Å². The molecule has 1 saturated carbocycles. The van der Waals surface area contributed by atoms with Crippen molar-refractivity contribution in [3.8, 4) is 0 Å². The van der Waals surface area contributed by atoms with Crippen LogP contribution in [-0.2, 0) is 7.05 Å². The van der Waals surface area contributed by atoms with Gasteiger partial charge in [-0.1, -0.05) is 19.1 Å². The van der Waals surface area contributed by atoms with Gasteiger partial charge in [-0.15, -0.1) is 5.10 Å². The quantitative estimate of drug-likeness (QED) is 0.811. The minimum Gasteiger partial charge on any atom is -0.314 e. The summed E-state index contributed by atoms with van der Waals surface area (Å²) in [7, 11) is 1.98. The van der Waals surface area contributed by atoms with Crippen molar-refractivity contribution in [2.24, 2.45) is 13.0 Å². The van der Waals surface area contributed by atoms with E-state index in [1.54, 1.807) is 0 Å². The average Bonchev–Trinajstić information content (AvgIpc) is 2.50. The van der Waals surface area contributed by atoms with E-state index in [0.29, 0.717) is 12.0 Å². The van der Waals surface area contributed by atoms with Crippen LogP contribution in [0.2, 0.25) is 0 Å². The SMILES string of the molecule is CC(C)NCC1CCC1c1cnnn1C. The Bertz CT molecular complexity index is 318. The van der Waals surface area contributed by atoms with Gasteiger partial charge in [-0.3, -0.25) is 4.68 Å². The average molecular weight is 208 g/mol. The fourth-order valence-electron chi connectivity index (χ4n) is 2.22. The van der Waals surface area contributed by atoms with E-state index in [4.69, 9.17) is 0 Å². The zero-order valence-electron chi connectivity index (χ0n) is 9.77. The molecule has 0 bridgehead atoms. The fraction of sp³-hybridized carbons (Fsp3) is 0.818. The van der Waals surface area contributed by atoms with Crippen LogP contribution in [0.3, 0.4) is 0 Å². The number of rotatable bonds is 4. The molecule has 0 amide bonds. The van der Waals surface area contributed by atoms with E-state index in [2.05, 4.69) is 29.5 Å². The molecule has 2 atom stereocenters. The van der Waals surface area contributed by atoms with Crippen LogP contribution >= 0.6 is 0 Å². The highest BCUT2D eigenvalue weighted by Gasteiger charge is 2.33. The van der Waals surface area contributed by atoms with E-state index < -0.39 is 0 Å². The molecule has 0 radical (unpaired) electrons. The summed E-state index contributed by atoms with van der Waals surface area (Å²) in [5.74, 6) is 1.43. The van der Waals surface area contributed by atoms with Crippen molar-refractivity contribution >= 4 is 0 Å². The molecule has 4 nitrogen and oxygen atoms in total. The number of aromatic nitrogens is 3. The molecule has 0 spiro atoms. The van der Waals surface area contributed by atoms with Gasteiger partial charge in [0.15, 0.2) is 0 Å². The second kappa shape index (κ2) is 4.31. The Kier molecular flexibility index (Phi) is 3.05. The monoisotopic (exact) mass is 208 g/mol. The summed E-state index contributed by atoms with van der Waals surface area (Å²) in [5, 5.41) is 11.5. The molecular weight excluding hydrogens is 188 g/mol. The first kappa shape index (κ1) is 10.6. The van der Waals surface area contributed by atoms with E-state index in [1.807, 2.05) is 17.9 Å². The van der Waals surface area contributed by atoms with Crippen LogP contribution in [0.1, 0.15) is 38.3 Å². The zero-order valence-corrected chi connectivity index (χ0v) is 9.77. The van der Waals surface area contributed by atoms with Gasteiger partial charge in [-0.2, -0.15) is 0 Å². The Morgan fingerprint density at radius 3 is 2.80 bits per heavy atom. The van der Waals surface area contributed by atoms with Gasteiger partial charge in [0.25, 0.3) is 0 Å². The molecule has 0 aromatic carbocycles. The van der Waals surface area contributed by atoms with Crippen molar-refractivity contribution in [1.29, 1.82) is 0 Å². The number of nitrogens with one attached hydrogen (secondary N) is 1. The van der Waals surface area contributed by atoms with E-state index in [1.165, 1.54) is 18.5 Å². The van der Waals surface area contributed by atoms with Gasteiger partial charge >= 0.3 is 0 Å². The van der Waals surface area contributed by atoms with Crippen LogP contribution in [-0.4, -0.2) is 27.6 Å². The third kappa shape index (κ3) is 2.20. The minimum atomic E-state index is 0.580. The van der Waals surface area contributed by atoms with Gasteiger partial charge in [0.1, 0.15) is 0 Å². The van der Waals surface area contributed by atoms with Crippen LogP contribution in [0.15, 0.2) is 6.20 Å². The van der Waals surface area contributed by atoms with E-state index >= 15 is 0 Å². The number of aryl methyl sites for hydroxylation is 1. The number of hydrogen-bond acceptors (Lipinski definition) is 3. The molecule has 1 aromatic rings. The van der Waals surface area contributed by atoms with Crippen LogP contribution in [0, 0.1) is 5.92 Å². The molecule has 15 heavy (non-hydrogen) atoms. The molecule has 4 heteroatoms. The molecule has 2 unspecified atom stereocenters. The molecule has 1 aromatic heterocycles. The lowest BCUT2D eigenvalue weighted by molar-refractivity contribution is 0.231. The normalized spacial score (nSPS) is 25.6. The smallest absolute Gasteiger partial charge is 0.0728 e. The van der Waals surface area contributed by atoms with Crippen molar-refractivity contribution in [1.82, 2.24) is 20.3 Å². The summed E-state index contributed by atoms with van der Waals surface area (Å²) < 4.78 is 1.91. The minimum absolute atomic E-state index is 0.580. The first-order valence-electron chi connectivity index (χ1n) is 5.76. The van der Waals surface area contributed by atoms with Gasteiger partial charge in [-0.25, -0.2) is 0 Å². The van der Waals surface area contributed by atoms with E-state index in [-0.39, 0.29) is 0 Å². The highest BCUT2D eigenvalue weighted by atomic mass is 15.4. The lowest BCUT2D eigenvalue weighted by Crippen LogP contribution is -2.37. The van der Waals surface area contributed by atoms with Gasteiger partial charge < -0.3 is 5.32 Å². The van der Waals surface area contributed by atoms with Gasteiger partial charge in [0.2, 0.25) is 0 Å². The third-order valence-corrected chi connectivity index (χ3v) is 3.34. The van der Waals surface area contributed by atoms with Gasteiger partial charge in [0.05, 0.1) is 11.9 Å². The van der Waals surface area contributed by atoms with Crippen LogP contribution in [0.25, 0.3) is 0 Å². The second-order valence-electron chi connectivity index (χ2n) is 4.79. The topological polar surface area (TPSA) is 42.7 Å². The number of nitrogens with zero attached hydrogens (tertiary/aromatic N) is 3. The molecule has 84 valence electrons. The summed E-state index contributed by atoms with van der Waals surface area (Å²) in [6.07, 6.45) is 4.52. The summed E-state index contributed by atoms with van der Waals surface area (Å²) in [4.78, 5) is 0. The standard InChI is InChI=1S/C11H20N4/c1-8(2)12-6-9-4-5-10(9)11-7-13-14-15(11)3/h7-10,12H,4-6H2,1-3H3. The van der Waals surface area contributed by atoms with Crippen molar-refractivity contribution in [2.75, 3.05) is 6.54 Å². The first-order valence-corrected chi connectivity index (χ1v) is 5.76. The summed E-state index contributed by atoms with van der Waals surface area (Å²) in [6.45, 7) is 5.51. The number of hydrogen-bond donors (Lipinski definition) is 1. The maximum Gasteiger partial charge on any atom is 0.0728 e. The summed E-state index contributed by atoms with van der Waals surface area (Å²) >= 11 is 0. The lowest BCUT2D eigenvalue weighted by Gasteiger charge is -2.37. The second-order valence-corrected chi connectivity index (χ2v) is 4.79. The van der Waals surface area contributed by atoms with Gasteiger partial charge in [-0.05, 0) is 25.3 Å². The predicted molar refractivity (Wildman–Crippen MR) is 59.6 cm³/mol. The Labute approximate surface area is 91.1 Å². The lowest BCUT2D eigenvalue weighted by atomic mass is 9.72. The molecule has 1 heterocycles. The molecule has 0 aliphatic heterocycles. The van der Waals surface area contributed by atoms with Crippen LogP contribution < -0.4 is 5.32 Å². The van der Waals surface area contributed by atoms with Crippen molar-refractivity contribution < 1.29 is 0 Å². The Hall–Kier alpha value is -0.900. The molecule has 0 saturated heterocycles. The Balaban J connectivity index is 1.92. The third-order valence-electron chi connectivity index (χ3n) is 3.34. The molecular formula is C11H20N4. The fourth-order valence-corrected chi connectivity index (χ4v) is 2.22. The van der Waals surface area contributed by atoms with Crippen LogP contribution in [0.4, 0.5) is 0 Å².